The number of rotatable bonds is 2. The molecule has 0 radical (unpaired) electrons. The smallest absolute Gasteiger partial charge is 0.239 e. The number of carbonyl (C=O) groups excluding carboxylic acids is 1. The highest BCUT2D eigenvalue weighted by Crippen LogP contribution is 2.15. The van der Waals surface area contributed by atoms with Crippen molar-refractivity contribution in [2.45, 2.75) is 6.92 Å². The first-order valence-corrected chi connectivity index (χ1v) is 3.96. The number of nitrogens with one attached hydrogen (secondary N) is 1. The molecule has 0 fully saturated rings. The molecular formula is C6H9N3OS. The van der Waals surface area contributed by atoms with Gasteiger partial charge in [0.1, 0.15) is 0 Å². The zero-order valence-electron chi connectivity index (χ0n) is 6.13. The second-order valence-corrected chi connectivity index (χ2v) is 3.26. The van der Waals surface area contributed by atoms with Crippen molar-refractivity contribution in [3.8, 4) is 0 Å². The molecule has 1 aromatic heterocycles. The number of hydrogen-bond acceptors (Lipinski definition) is 4. The fraction of sp³-hybridized carbons (Fsp3) is 0.333. The molecule has 0 saturated carbocycles. The number of nitrogens with two attached hydrogens (primary N) is 1. The molecule has 0 spiro atoms. The van der Waals surface area contributed by atoms with E-state index in [1.807, 2.05) is 6.92 Å². The van der Waals surface area contributed by atoms with Crippen LogP contribution in [0.25, 0.3) is 0 Å². The summed E-state index contributed by atoms with van der Waals surface area (Å²) in [6.45, 7) is 1.92. The van der Waals surface area contributed by atoms with Crippen molar-refractivity contribution < 1.29 is 4.79 Å². The summed E-state index contributed by atoms with van der Waals surface area (Å²) in [5, 5.41) is 3.17. The van der Waals surface area contributed by atoms with Gasteiger partial charge in [0.05, 0.1) is 6.54 Å². The Hall–Kier alpha value is -0.940. The first-order chi connectivity index (χ1) is 5.22. The third kappa shape index (κ3) is 2.28. The molecule has 0 aliphatic carbocycles. The summed E-state index contributed by atoms with van der Waals surface area (Å²) in [7, 11) is 0. The summed E-state index contributed by atoms with van der Waals surface area (Å²) < 4.78 is 0. The summed E-state index contributed by atoms with van der Waals surface area (Å²) in [5.74, 6) is -0.209. The van der Waals surface area contributed by atoms with Gasteiger partial charge in [-0.05, 0) is 6.92 Å². The average molecular weight is 171 g/mol. The molecule has 0 unspecified atom stereocenters. The monoisotopic (exact) mass is 171 g/mol. The van der Waals surface area contributed by atoms with Gasteiger partial charge in [-0.25, -0.2) is 4.98 Å². The van der Waals surface area contributed by atoms with E-state index < -0.39 is 0 Å². The van der Waals surface area contributed by atoms with Crippen LogP contribution in [0.1, 0.15) is 4.88 Å². The van der Waals surface area contributed by atoms with E-state index in [4.69, 9.17) is 5.73 Å². The molecule has 11 heavy (non-hydrogen) atoms. The molecular weight excluding hydrogens is 162 g/mol. The molecule has 1 amide bonds. The summed E-state index contributed by atoms with van der Waals surface area (Å²) >= 11 is 1.43. The van der Waals surface area contributed by atoms with Gasteiger partial charge in [0.15, 0.2) is 5.13 Å². The number of carbonyl (C=O) groups is 1. The van der Waals surface area contributed by atoms with Crippen LogP contribution in [-0.4, -0.2) is 17.4 Å². The third-order valence-corrected chi connectivity index (χ3v) is 1.88. The van der Waals surface area contributed by atoms with Gasteiger partial charge in [-0.3, -0.25) is 4.79 Å². The molecule has 0 aromatic carbocycles. The predicted molar refractivity (Wildman–Crippen MR) is 44.5 cm³/mol. The Morgan fingerprint density at radius 1 is 1.91 bits per heavy atom. The minimum Gasteiger partial charge on any atom is -0.322 e. The van der Waals surface area contributed by atoms with Crippen molar-refractivity contribution in [3.63, 3.8) is 0 Å². The first kappa shape index (κ1) is 8.16. The van der Waals surface area contributed by atoms with Crippen LogP contribution in [0, 0.1) is 6.92 Å². The number of hydrogen-bond donors (Lipinski definition) is 2. The van der Waals surface area contributed by atoms with Crippen molar-refractivity contribution in [2.75, 3.05) is 11.9 Å². The van der Waals surface area contributed by atoms with Crippen LogP contribution < -0.4 is 11.1 Å². The fourth-order valence-corrected chi connectivity index (χ4v) is 1.26. The normalized spacial score (nSPS) is 9.64. The second kappa shape index (κ2) is 3.45. The molecule has 0 aliphatic rings. The standard InChI is InChI=1S/C6H9N3OS/c1-4-3-8-6(11-4)9-5(10)2-7/h3H,2,7H2,1H3,(H,8,9,10). The van der Waals surface area contributed by atoms with Gasteiger partial charge >= 0.3 is 0 Å². The van der Waals surface area contributed by atoms with E-state index in [-0.39, 0.29) is 12.5 Å². The quantitative estimate of drug-likeness (QED) is 0.674. The zero-order valence-corrected chi connectivity index (χ0v) is 6.94. The van der Waals surface area contributed by atoms with Crippen molar-refractivity contribution in [1.29, 1.82) is 0 Å². The Labute approximate surface area is 68.4 Å². The van der Waals surface area contributed by atoms with Crippen LogP contribution in [0.5, 0.6) is 0 Å². The van der Waals surface area contributed by atoms with Gasteiger partial charge in [-0.2, -0.15) is 0 Å². The molecule has 5 heteroatoms. The highest BCUT2D eigenvalue weighted by molar-refractivity contribution is 7.15. The Bertz CT molecular complexity index is 258. The fourth-order valence-electron chi connectivity index (χ4n) is 0.583. The molecule has 60 valence electrons. The highest BCUT2D eigenvalue weighted by atomic mass is 32.1. The topological polar surface area (TPSA) is 68.0 Å². The van der Waals surface area contributed by atoms with E-state index in [2.05, 4.69) is 10.3 Å². The van der Waals surface area contributed by atoms with Crippen molar-refractivity contribution in [3.05, 3.63) is 11.1 Å². The molecule has 0 atom stereocenters. The number of amides is 1. The summed E-state index contributed by atoms with van der Waals surface area (Å²) in [5.41, 5.74) is 5.09. The van der Waals surface area contributed by atoms with Crippen LogP contribution in [0.3, 0.4) is 0 Å². The number of nitrogens with zero attached hydrogens (tertiary/aromatic N) is 1. The van der Waals surface area contributed by atoms with Gasteiger partial charge in [0, 0.05) is 11.1 Å². The van der Waals surface area contributed by atoms with Gasteiger partial charge in [-0.1, -0.05) is 0 Å². The summed E-state index contributed by atoms with van der Waals surface area (Å²) in [6, 6.07) is 0. The van der Waals surface area contributed by atoms with E-state index in [9.17, 15) is 4.79 Å². The lowest BCUT2D eigenvalue weighted by Crippen LogP contribution is -2.21. The van der Waals surface area contributed by atoms with E-state index in [1.165, 1.54) is 11.3 Å². The van der Waals surface area contributed by atoms with E-state index in [1.54, 1.807) is 6.20 Å². The Morgan fingerprint density at radius 3 is 3.09 bits per heavy atom. The maximum absolute atomic E-state index is 10.7. The molecule has 1 rings (SSSR count). The molecule has 4 nitrogen and oxygen atoms in total. The Balaban J connectivity index is 2.57. The first-order valence-electron chi connectivity index (χ1n) is 3.14. The van der Waals surface area contributed by atoms with E-state index >= 15 is 0 Å². The summed E-state index contributed by atoms with van der Waals surface area (Å²) in [4.78, 5) is 15.7. The number of aryl methyl sites for hydroxylation is 1. The lowest BCUT2D eigenvalue weighted by atomic mass is 10.6. The second-order valence-electron chi connectivity index (χ2n) is 2.03. The van der Waals surface area contributed by atoms with Crippen LogP contribution in [-0.2, 0) is 4.79 Å². The molecule has 0 saturated heterocycles. The van der Waals surface area contributed by atoms with Crippen LogP contribution in [0.4, 0.5) is 5.13 Å². The molecule has 0 bridgehead atoms. The number of anilines is 1. The molecule has 3 N–H and O–H groups in total. The lowest BCUT2D eigenvalue weighted by Gasteiger charge is -1.95. The van der Waals surface area contributed by atoms with Gasteiger partial charge in [-0.15, -0.1) is 11.3 Å². The average Bonchev–Trinajstić information content (AvgIpc) is 2.35. The third-order valence-electron chi connectivity index (χ3n) is 1.05. The predicted octanol–water partition coefficient (Wildman–Crippen LogP) is 0.349. The van der Waals surface area contributed by atoms with Gasteiger partial charge in [0.2, 0.25) is 5.91 Å². The van der Waals surface area contributed by atoms with Gasteiger partial charge in [0.25, 0.3) is 0 Å². The van der Waals surface area contributed by atoms with Crippen molar-refractivity contribution in [2.24, 2.45) is 5.73 Å². The van der Waals surface area contributed by atoms with Crippen molar-refractivity contribution in [1.82, 2.24) is 4.98 Å². The van der Waals surface area contributed by atoms with Crippen molar-refractivity contribution >= 4 is 22.4 Å². The zero-order chi connectivity index (χ0) is 8.27. The maximum Gasteiger partial charge on any atom is 0.239 e. The maximum atomic E-state index is 10.7. The molecule has 1 heterocycles. The van der Waals surface area contributed by atoms with Crippen LogP contribution in [0.15, 0.2) is 6.20 Å². The van der Waals surface area contributed by atoms with Gasteiger partial charge < -0.3 is 11.1 Å². The van der Waals surface area contributed by atoms with Crippen LogP contribution in [0.2, 0.25) is 0 Å². The Kier molecular flexibility index (Phi) is 2.56. The SMILES string of the molecule is Cc1cnc(NC(=O)CN)s1. The number of thiazole rings is 1. The number of aromatic nitrogens is 1. The molecule has 1 aromatic rings. The minimum absolute atomic E-state index is 0.00136. The largest absolute Gasteiger partial charge is 0.322 e. The van der Waals surface area contributed by atoms with Crippen LogP contribution >= 0.6 is 11.3 Å². The van der Waals surface area contributed by atoms with E-state index in [0.29, 0.717) is 5.13 Å². The lowest BCUT2D eigenvalue weighted by molar-refractivity contribution is -0.114. The Morgan fingerprint density at radius 2 is 2.64 bits per heavy atom. The summed E-state index contributed by atoms with van der Waals surface area (Å²) in [6.07, 6.45) is 1.71. The highest BCUT2D eigenvalue weighted by Gasteiger charge is 2.01. The molecule has 0 aliphatic heterocycles. The van der Waals surface area contributed by atoms with E-state index in [0.717, 1.165) is 4.88 Å². The minimum atomic E-state index is -0.209.